The summed E-state index contributed by atoms with van der Waals surface area (Å²) < 4.78 is 10.6. The van der Waals surface area contributed by atoms with E-state index in [1.807, 2.05) is 60.6 Å². The van der Waals surface area contributed by atoms with Crippen LogP contribution in [0.15, 0.2) is 73.2 Å². The highest BCUT2D eigenvalue weighted by atomic mass is 16.5. The molecule has 0 bridgehead atoms. The van der Waals surface area contributed by atoms with Gasteiger partial charge in [0.1, 0.15) is 11.4 Å². The molecule has 1 N–H and O–H groups in total. The number of ketones is 1. The lowest BCUT2D eigenvalue weighted by Crippen LogP contribution is -2.52. The van der Waals surface area contributed by atoms with E-state index in [9.17, 15) is 19.5 Å². The number of hydrogen-bond acceptors (Lipinski definition) is 5. The molecular formula is C37H34N4O5. The highest BCUT2D eigenvalue weighted by molar-refractivity contribution is 6.06. The molecule has 1 spiro atoms. The standard InChI is InChI=1S/C37H34N4O5/c1-22-20-41(28-8-9-28)31-17-26(16-29(34(22)31)23-3-5-24(6-4-23)36(44)45)35(43)40-13-11-37(12-14-40)18-32(42)30-15-25(7-10-33(30)46-37)27-19-38-39(2)21-27/h3-7,10,15-17,19-21,28H,8-9,11-14,18H2,1-2H3,(H,44,45). The third kappa shape index (κ3) is 4.78. The lowest BCUT2D eigenvalue weighted by molar-refractivity contribution is -0.00571. The van der Waals surface area contributed by atoms with Crippen LogP contribution >= 0.6 is 0 Å². The fourth-order valence-corrected chi connectivity index (χ4v) is 7.21. The Morgan fingerprint density at radius 1 is 0.913 bits per heavy atom. The summed E-state index contributed by atoms with van der Waals surface area (Å²) in [7, 11) is 1.86. The molecule has 8 rings (SSSR count). The largest absolute Gasteiger partial charge is 0.486 e. The second-order valence-electron chi connectivity index (χ2n) is 13.0. The molecule has 4 heterocycles. The van der Waals surface area contributed by atoms with Gasteiger partial charge in [0.25, 0.3) is 5.91 Å². The lowest BCUT2D eigenvalue weighted by Gasteiger charge is -2.44. The molecule has 0 atom stereocenters. The van der Waals surface area contributed by atoms with Crippen molar-refractivity contribution in [3.63, 3.8) is 0 Å². The minimum Gasteiger partial charge on any atom is -0.486 e. The number of aryl methyl sites for hydroxylation is 2. The molecule has 1 saturated carbocycles. The number of carboxylic acids is 1. The smallest absolute Gasteiger partial charge is 0.335 e. The molecule has 0 unspecified atom stereocenters. The van der Waals surface area contributed by atoms with Gasteiger partial charge in [-0.1, -0.05) is 18.2 Å². The molecule has 46 heavy (non-hydrogen) atoms. The average Bonchev–Trinajstić information content (AvgIpc) is 3.72. The maximum atomic E-state index is 14.1. The van der Waals surface area contributed by atoms with E-state index >= 15 is 0 Å². The number of likely N-dealkylation sites (tertiary alicyclic amines) is 1. The van der Waals surface area contributed by atoms with Gasteiger partial charge < -0.3 is 19.3 Å². The normalized spacial score (nSPS) is 17.3. The Kier molecular flexibility index (Phi) is 6.42. The SMILES string of the molecule is Cc1cn(C2CC2)c2cc(C(=O)N3CCC4(CC3)CC(=O)c3cc(-c5cnn(C)c5)ccc3O4)cc(-c3ccc(C(=O)O)cc3)c12. The van der Waals surface area contributed by atoms with Gasteiger partial charge in [0, 0.05) is 73.4 Å². The van der Waals surface area contributed by atoms with Crippen molar-refractivity contribution >= 4 is 28.6 Å². The first-order valence-corrected chi connectivity index (χ1v) is 15.8. The van der Waals surface area contributed by atoms with Gasteiger partial charge in [0.15, 0.2) is 5.78 Å². The number of hydrogen-bond donors (Lipinski definition) is 1. The van der Waals surface area contributed by atoms with Crippen molar-refractivity contribution in [2.45, 2.75) is 50.7 Å². The number of aromatic carboxylic acids is 1. The number of piperidine rings is 1. The zero-order chi connectivity index (χ0) is 31.7. The second kappa shape index (κ2) is 10.4. The van der Waals surface area contributed by atoms with E-state index in [1.54, 1.807) is 23.0 Å². The minimum atomic E-state index is -0.971. The highest BCUT2D eigenvalue weighted by Crippen LogP contribution is 2.43. The van der Waals surface area contributed by atoms with Crippen LogP contribution in [0.1, 0.15) is 74.8 Å². The van der Waals surface area contributed by atoms with Crippen LogP contribution in [0.25, 0.3) is 33.2 Å². The van der Waals surface area contributed by atoms with Gasteiger partial charge in [-0.15, -0.1) is 0 Å². The monoisotopic (exact) mass is 614 g/mol. The third-order valence-electron chi connectivity index (χ3n) is 9.84. The molecule has 1 amide bonds. The van der Waals surface area contributed by atoms with E-state index in [2.05, 4.69) is 22.8 Å². The van der Waals surface area contributed by atoms with E-state index in [0.29, 0.717) is 48.8 Å². The molecule has 2 aliphatic heterocycles. The van der Waals surface area contributed by atoms with E-state index in [0.717, 1.165) is 51.6 Å². The molecule has 9 heteroatoms. The number of ether oxygens (including phenoxy) is 1. The Bertz CT molecular complexity index is 2060. The van der Waals surface area contributed by atoms with Gasteiger partial charge in [0.05, 0.1) is 23.7 Å². The molecule has 9 nitrogen and oxygen atoms in total. The van der Waals surface area contributed by atoms with Gasteiger partial charge in [-0.25, -0.2) is 4.79 Å². The van der Waals surface area contributed by atoms with Crippen LogP contribution in [-0.2, 0) is 7.05 Å². The summed E-state index contributed by atoms with van der Waals surface area (Å²) in [6.07, 6.45) is 9.53. The number of carbonyl (C=O) groups excluding carboxylic acids is 2. The molecule has 3 aromatic carbocycles. The number of rotatable bonds is 5. The Hall–Kier alpha value is -5.18. The first-order valence-electron chi connectivity index (χ1n) is 15.8. The van der Waals surface area contributed by atoms with Crippen LogP contribution in [-0.4, -0.2) is 60.7 Å². The number of aromatic nitrogens is 3. The summed E-state index contributed by atoms with van der Waals surface area (Å²) in [5.74, 6) is -0.359. The molecule has 5 aromatic rings. The number of nitrogens with zero attached hydrogens (tertiary/aromatic N) is 4. The predicted octanol–water partition coefficient (Wildman–Crippen LogP) is 6.69. The zero-order valence-corrected chi connectivity index (χ0v) is 25.8. The van der Waals surface area contributed by atoms with Crippen molar-refractivity contribution in [3.05, 3.63) is 95.4 Å². The van der Waals surface area contributed by atoms with Crippen molar-refractivity contribution in [3.8, 4) is 28.0 Å². The second-order valence-corrected chi connectivity index (χ2v) is 13.0. The summed E-state index contributed by atoms with van der Waals surface area (Å²) in [6.45, 7) is 3.06. The first kappa shape index (κ1) is 28.3. The fraction of sp³-hybridized carbons (Fsp3) is 0.297. The van der Waals surface area contributed by atoms with Gasteiger partial charge in [-0.05, 0) is 78.4 Å². The molecular weight excluding hydrogens is 580 g/mol. The number of carbonyl (C=O) groups is 3. The summed E-state index contributed by atoms with van der Waals surface area (Å²) >= 11 is 0. The maximum Gasteiger partial charge on any atom is 0.335 e. The van der Waals surface area contributed by atoms with E-state index < -0.39 is 11.6 Å². The molecule has 232 valence electrons. The van der Waals surface area contributed by atoms with Gasteiger partial charge >= 0.3 is 5.97 Å². The quantitative estimate of drug-likeness (QED) is 0.236. The molecule has 3 aliphatic rings. The molecule has 1 aliphatic carbocycles. The number of fused-ring (bicyclic) bond motifs is 2. The number of benzene rings is 3. The summed E-state index contributed by atoms with van der Waals surface area (Å²) in [5.41, 5.74) is 6.62. The van der Waals surface area contributed by atoms with Crippen molar-refractivity contribution in [2.75, 3.05) is 13.1 Å². The number of Topliss-reactive ketones (excluding diaryl/α,β-unsaturated/α-hetero) is 1. The average molecular weight is 615 g/mol. The molecule has 0 radical (unpaired) electrons. The van der Waals surface area contributed by atoms with E-state index in [-0.39, 0.29) is 23.7 Å². The van der Waals surface area contributed by atoms with Gasteiger partial charge in [-0.2, -0.15) is 5.10 Å². The third-order valence-corrected chi connectivity index (χ3v) is 9.84. The van der Waals surface area contributed by atoms with Gasteiger partial charge in [-0.3, -0.25) is 14.3 Å². The van der Waals surface area contributed by atoms with Crippen LogP contribution < -0.4 is 4.74 Å². The lowest BCUT2D eigenvalue weighted by atomic mass is 9.82. The highest BCUT2D eigenvalue weighted by Gasteiger charge is 2.44. The Morgan fingerprint density at radius 3 is 2.33 bits per heavy atom. The van der Waals surface area contributed by atoms with E-state index in [1.165, 1.54) is 0 Å². The maximum absolute atomic E-state index is 14.1. The minimum absolute atomic E-state index is 0.0509. The van der Waals surface area contributed by atoms with Crippen LogP contribution in [0.3, 0.4) is 0 Å². The van der Waals surface area contributed by atoms with E-state index in [4.69, 9.17) is 4.74 Å². The molecule has 2 aromatic heterocycles. The summed E-state index contributed by atoms with van der Waals surface area (Å²) in [6, 6.07) is 17.0. The fourth-order valence-electron chi connectivity index (χ4n) is 7.21. The predicted molar refractivity (Wildman–Crippen MR) is 173 cm³/mol. The Labute approximate surface area is 266 Å². The van der Waals surface area contributed by atoms with Crippen LogP contribution in [0.2, 0.25) is 0 Å². The Balaban J connectivity index is 1.06. The summed E-state index contributed by atoms with van der Waals surface area (Å²) in [4.78, 5) is 40.9. The van der Waals surface area contributed by atoms with Crippen LogP contribution in [0, 0.1) is 6.92 Å². The van der Waals surface area contributed by atoms with Crippen molar-refractivity contribution < 1.29 is 24.2 Å². The van der Waals surface area contributed by atoms with Crippen molar-refractivity contribution in [1.29, 1.82) is 0 Å². The molecule has 1 saturated heterocycles. The number of amides is 1. The number of carboxylic acid groups (broad SMARTS) is 1. The Morgan fingerprint density at radius 2 is 1.65 bits per heavy atom. The summed E-state index contributed by atoms with van der Waals surface area (Å²) in [5, 5.41) is 14.7. The topological polar surface area (TPSA) is 107 Å². The van der Waals surface area contributed by atoms with Crippen molar-refractivity contribution in [1.82, 2.24) is 19.2 Å². The molecule has 2 fully saturated rings. The van der Waals surface area contributed by atoms with Crippen LogP contribution in [0.4, 0.5) is 0 Å². The van der Waals surface area contributed by atoms with Crippen LogP contribution in [0.5, 0.6) is 5.75 Å². The van der Waals surface area contributed by atoms with Gasteiger partial charge in [0.2, 0.25) is 0 Å². The van der Waals surface area contributed by atoms with Crippen molar-refractivity contribution in [2.24, 2.45) is 7.05 Å². The zero-order valence-electron chi connectivity index (χ0n) is 25.8. The first-order chi connectivity index (χ1) is 22.2.